The molecular formula is C12H18. The third-order valence-electron chi connectivity index (χ3n) is 1.48. The lowest BCUT2D eigenvalue weighted by Crippen LogP contribution is -1.86. The fourth-order valence-corrected chi connectivity index (χ4v) is 0.926. The van der Waals surface area contributed by atoms with Crippen LogP contribution >= 0.6 is 0 Å². The van der Waals surface area contributed by atoms with E-state index in [-0.39, 0.29) is 0 Å². The van der Waals surface area contributed by atoms with Crippen LogP contribution in [-0.4, -0.2) is 0 Å². The quantitative estimate of drug-likeness (QED) is 0.550. The molecule has 0 aliphatic heterocycles. The van der Waals surface area contributed by atoms with Crippen molar-refractivity contribution in [2.24, 2.45) is 5.92 Å². The molecule has 0 saturated carbocycles. The highest BCUT2D eigenvalue weighted by atomic mass is 14.0. The number of rotatable bonds is 4. The zero-order valence-electron chi connectivity index (χ0n) is 8.30. The summed E-state index contributed by atoms with van der Waals surface area (Å²) in [5.74, 6) is 0.549. The minimum absolute atomic E-state index is 0.549. The van der Waals surface area contributed by atoms with Crippen molar-refractivity contribution in [3.05, 3.63) is 48.6 Å². The van der Waals surface area contributed by atoms with Gasteiger partial charge in [0.25, 0.3) is 0 Å². The second kappa shape index (κ2) is 5.59. The second-order valence-electron chi connectivity index (χ2n) is 3.10. The summed E-state index contributed by atoms with van der Waals surface area (Å²) >= 11 is 0. The molecule has 0 unspecified atom stereocenters. The fraction of sp³-hybridized carbons (Fsp3) is 0.333. The van der Waals surface area contributed by atoms with Crippen LogP contribution in [0.4, 0.5) is 0 Å². The lowest BCUT2D eigenvalue weighted by atomic mass is 10.0. The van der Waals surface area contributed by atoms with Crippen LogP contribution in [0.2, 0.25) is 0 Å². The Morgan fingerprint density at radius 2 is 1.92 bits per heavy atom. The SMILES string of the molecule is C=CC(=C)C(/C=C\C)=C\C(C)C. The molecule has 0 saturated heterocycles. The van der Waals surface area contributed by atoms with Gasteiger partial charge in [-0.05, 0) is 24.0 Å². The van der Waals surface area contributed by atoms with E-state index in [1.54, 1.807) is 6.08 Å². The Balaban J connectivity index is 4.65. The van der Waals surface area contributed by atoms with Crippen molar-refractivity contribution in [2.45, 2.75) is 20.8 Å². The summed E-state index contributed by atoms with van der Waals surface area (Å²) < 4.78 is 0. The van der Waals surface area contributed by atoms with Crippen LogP contribution in [0.1, 0.15) is 20.8 Å². The first-order chi connectivity index (χ1) is 5.61. The Hall–Kier alpha value is -1.04. The van der Waals surface area contributed by atoms with Gasteiger partial charge in [-0.1, -0.05) is 51.3 Å². The van der Waals surface area contributed by atoms with E-state index in [0.717, 1.165) is 5.57 Å². The monoisotopic (exact) mass is 162 g/mol. The molecule has 0 spiro atoms. The van der Waals surface area contributed by atoms with Crippen molar-refractivity contribution < 1.29 is 0 Å². The van der Waals surface area contributed by atoms with Crippen molar-refractivity contribution in [1.82, 2.24) is 0 Å². The van der Waals surface area contributed by atoms with Gasteiger partial charge in [0.15, 0.2) is 0 Å². The van der Waals surface area contributed by atoms with Gasteiger partial charge in [0.05, 0.1) is 0 Å². The molecule has 0 aliphatic rings. The first-order valence-corrected chi connectivity index (χ1v) is 4.28. The van der Waals surface area contributed by atoms with E-state index in [1.165, 1.54) is 5.57 Å². The maximum Gasteiger partial charge on any atom is -0.0231 e. The lowest BCUT2D eigenvalue weighted by Gasteiger charge is -2.03. The maximum atomic E-state index is 3.91. The third kappa shape index (κ3) is 3.97. The van der Waals surface area contributed by atoms with Crippen LogP contribution in [0.3, 0.4) is 0 Å². The third-order valence-corrected chi connectivity index (χ3v) is 1.48. The summed E-state index contributed by atoms with van der Waals surface area (Å²) in [5, 5.41) is 0. The average Bonchev–Trinajstić information content (AvgIpc) is 2.01. The van der Waals surface area contributed by atoms with E-state index in [1.807, 2.05) is 13.0 Å². The summed E-state index contributed by atoms with van der Waals surface area (Å²) in [5.41, 5.74) is 2.16. The molecule has 66 valence electrons. The van der Waals surface area contributed by atoms with Crippen molar-refractivity contribution in [3.63, 3.8) is 0 Å². The van der Waals surface area contributed by atoms with Crippen molar-refractivity contribution in [2.75, 3.05) is 0 Å². The van der Waals surface area contributed by atoms with Gasteiger partial charge in [-0.2, -0.15) is 0 Å². The number of allylic oxidation sites excluding steroid dienone is 6. The molecule has 0 fully saturated rings. The topological polar surface area (TPSA) is 0 Å². The zero-order valence-corrected chi connectivity index (χ0v) is 8.30. The fourth-order valence-electron chi connectivity index (χ4n) is 0.926. The van der Waals surface area contributed by atoms with E-state index in [2.05, 4.69) is 39.2 Å². The highest BCUT2D eigenvalue weighted by Crippen LogP contribution is 2.13. The Bertz CT molecular complexity index is 214. The molecule has 0 rings (SSSR count). The largest absolute Gasteiger partial charge is 0.0985 e. The van der Waals surface area contributed by atoms with Crippen molar-refractivity contribution >= 4 is 0 Å². The van der Waals surface area contributed by atoms with Gasteiger partial charge in [0.2, 0.25) is 0 Å². The van der Waals surface area contributed by atoms with Gasteiger partial charge in [-0.25, -0.2) is 0 Å². The Labute approximate surface area is 76.0 Å². The molecule has 0 aromatic heterocycles. The van der Waals surface area contributed by atoms with E-state index in [4.69, 9.17) is 0 Å². The molecule has 0 bridgehead atoms. The zero-order chi connectivity index (χ0) is 9.56. The van der Waals surface area contributed by atoms with Crippen molar-refractivity contribution in [1.29, 1.82) is 0 Å². The second-order valence-corrected chi connectivity index (χ2v) is 3.10. The molecule has 0 aromatic carbocycles. The molecule has 0 atom stereocenters. The predicted molar refractivity (Wildman–Crippen MR) is 57.1 cm³/mol. The number of hydrogen-bond acceptors (Lipinski definition) is 0. The van der Waals surface area contributed by atoms with Gasteiger partial charge < -0.3 is 0 Å². The summed E-state index contributed by atoms with van der Waals surface area (Å²) in [4.78, 5) is 0. The standard InChI is InChI=1S/C12H18/c1-6-8-12(9-10(3)4)11(5)7-2/h6-10H,2,5H2,1,3-4H3/b8-6-,12-9-. The first-order valence-electron chi connectivity index (χ1n) is 4.28. The summed E-state index contributed by atoms with van der Waals surface area (Å²) in [7, 11) is 0. The van der Waals surface area contributed by atoms with Crippen molar-refractivity contribution in [3.8, 4) is 0 Å². The molecule has 0 amide bonds. The van der Waals surface area contributed by atoms with Crippen LogP contribution in [0, 0.1) is 5.92 Å². The van der Waals surface area contributed by atoms with Crippen LogP contribution in [0.5, 0.6) is 0 Å². The van der Waals surface area contributed by atoms with Gasteiger partial charge >= 0.3 is 0 Å². The van der Waals surface area contributed by atoms with E-state index in [0.29, 0.717) is 5.92 Å². The maximum absolute atomic E-state index is 3.91. The molecule has 12 heavy (non-hydrogen) atoms. The first kappa shape index (κ1) is 11.0. The van der Waals surface area contributed by atoms with Crippen LogP contribution in [0.15, 0.2) is 48.6 Å². The minimum atomic E-state index is 0.549. The highest BCUT2D eigenvalue weighted by Gasteiger charge is 1.95. The molecule has 0 N–H and O–H groups in total. The van der Waals surface area contributed by atoms with Gasteiger partial charge in [-0.3, -0.25) is 0 Å². The Morgan fingerprint density at radius 3 is 2.25 bits per heavy atom. The van der Waals surface area contributed by atoms with Crippen LogP contribution in [-0.2, 0) is 0 Å². The summed E-state index contributed by atoms with van der Waals surface area (Å²) in [6.07, 6.45) is 8.05. The molecule has 0 heterocycles. The van der Waals surface area contributed by atoms with Gasteiger partial charge in [0.1, 0.15) is 0 Å². The summed E-state index contributed by atoms with van der Waals surface area (Å²) in [6, 6.07) is 0. The molecule has 0 radical (unpaired) electrons. The Morgan fingerprint density at radius 1 is 1.33 bits per heavy atom. The van der Waals surface area contributed by atoms with E-state index in [9.17, 15) is 0 Å². The number of hydrogen-bond donors (Lipinski definition) is 0. The average molecular weight is 162 g/mol. The molecule has 0 heteroatoms. The molecule has 0 aromatic rings. The molecule has 0 nitrogen and oxygen atoms in total. The minimum Gasteiger partial charge on any atom is -0.0985 e. The van der Waals surface area contributed by atoms with E-state index < -0.39 is 0 Å². The van der Waals surface area contributed by atoms with E-state index >= 15 is 0 Å². The van der Waals surface area contributed by atoms with Crippen LogP contribution in [0.25, 0.3) is 0 Å². The predicted octanol–water partition coefficient (Wildman–Crippen LogP) is 3.89. The smallest absolute Gasteiger partial charge is 0.0231 e. The van der Waals surface area contributed by atoms with Crippen LogP contribution < -0.4 is 0 Å². The lowest BCUT2D eigenvalue weighted by molar-refractivity contribution is 0.827. The van der Waals surface area contributed by atoms with Gasteiger partial charge in [-0.15, -0.1) is 0 Å². The molecule has 0 aliphatic carbocycles. The normalized spacial score (nSPS) is 12.5. The highest BCUT2D eigenvalue weighted by molar-refractivity contribution is 5.43. The summed E-state index contributed by atoms with van der Waals surface area (Å²) in [6.45, 7) is 13.9. The van der Waals surface area contributed by atoms with Gasteiger partial charge in [0, 0.05) is 0 Å². The molecular weight excluding hydrogens is 144 g/mol. The Kier molecular flexibility index (Phi) is 5.11.